The summed E-state index contributed by atoms with van der Waals surface area (Å²) in [7, 11) is 1.42. The fourth-order valence-electron chi connectivity index (χ4n) is 2.48. The van der Waals surface area contributed by atoms with Crippen molar-refractivity contribution in [3.8, 4) is 0 Å². The highest BCUT2D eigenvalue weighted by molar-refractivity contribution is 5.86. The molecule has 0 heterocycles. The molecule has 5 nitrogen and oxygen atoms in total. The second-order valence-corrected chi connectivity index (χ2v) is 5.12. The van der Waals surface area contributed by atoms with Gasteiger partial charge in [-0.05, 0) is 25.3 Å². The normalized spacial score (nSPS) is 22.6. The highest BCUT2D eigenvalue weighted by atomic mass is 19.4. The SMILES string of the molecule is CN(CC(=O)NCC(F)(F)F)C(=O)C1CCCC1CN. The van der Waals surface area contributed by atoms with Crippen molar-refractivity contribution in [2.45, 2.75) is 25.4 Å². The first kappa shape index (κ1) is 16.7. The van der Waals surface area contributed by atoms with Gasteiger partial charge in [-0.15, -0.1) is 0 Å². The minimum Gasteiger partial charge on any atom is -0.345 e. The minimum absolute atomic E-state index is 0.100. The number of alkyl halides is 3. The summed E-state index contributed by atoms with van der Waals surface area (Å²) in [5.41, 5.74) is 5.58. The van der Waals surface area contributed by atoms with Gasteiger partial charge in [0.05, 0.1) is 6.54 Å². The predicted molar refractivity (Wildman–Crippen MR) is 66.6 cm³/mol. The first-order valence-electron chi connectivity index (χ1n) is 6.53. The van der Waals surface area contributed by atoms with Crippen LogP contribution in [0.25, 0.3) is 0 Å². The molecule has 1 aliphatic rings. The molecule has 1 saturated carbocycles. The molecule has 0 aromatic heterocycles. The summed E-state index contributed by atoms with van der Waals surface area (Å²) in [5.74, 6) is -1.16. The summed E-state index contributed by atoms with van der Waals surface area (Å²) in [4.78, 5) is 24.6. The lowest BCUT2D eigenvalue weighted by Gasteiger charge is -2.24. The quantitative estimate of drug-likeness (QED) is 0.775. The monoisotopic (exact) mass is 295 g/mol. The van der Waals surface area contributed by atoms with Gasteiger partial charge in [-0.25, -0.2) is 0 Å². The lowest BCUT2D eigenvalue weighted by atomic mass is 9.95. The van der Waals surface area contributed by atoms with Gasteiger partial charge in [0.1, 0.15) is 6.54 Å². The molecule has 0 aliphatic heterocycles. The van der Waals surface area contributed by atoms with Crippen LogP contribution in [0.3, 0.4) is 0 Å². The molecule has 0 aromatic rings. The van der Waals surface area contributed by atoms with Crippen LogP contribution in [-0.4, -0.2) is 49.6 Å². The third-order valence-electron chi connectivity index (χ3n) is 3.52. The van der Waals surface area contributed by atoms with E-state index in [2.05, 4.69) is 0 Å². The standard InChI is InChI=1S/C12H20F3N3O2/c1-18(6-10(19)17-7-12(13,14)15)11(20)9-4-2-3-8(9)5-16/h8-9H,2-7,16H2,1H3,(H,17,19). The molecule has 1 aliphatic carbocycles. The summed E-state index contributed by atoms with van der Waals surface area (Å²) in [6.07, 6.45) is -1.95. The minimum atomic E-state index is -4.45. The van der Waals surface area contributed by atoms with Crippen molar-refractivity contribution >= 4 is 11.8 Å². The maximum atomic E-state index is 12.1. The second-order valence-electron chi connectivity index (χ2n) is 5.12. The Morgan fingerprint density at radius 2 is 2.00 bits per heavy atom. The fraction of sp³-hybridized carbons (Fsp3) is 0.833. The molecule has 2 amide bonds. The molecule has 0 aromatic carbocycles. The number of hydrogen-bond acceptors (Lipinski definition) is 3. The van der Waals surface area contributed by atoms with Gasteiger partial charge in [-0.2, -0.15) is 13.2 Å². The molecular formula is C12H20F3N3O2. The highest BCUT2D eigenvalue weighted by Crippen LogP contribution is 2.32. The summed E-state index contributed by atoms with van der Waals surface area (Å²) in [6.45, 7) is -1.35. The van der Waals surface area contributed by atoms with E-state index in [4.69, 9.17) is 5.73 Å². The lowest BCUT2D eigenvalue weighted by Crippen LogP contribution is -2.44. The van der Waals surface area contributed by atoms with E-state index in [1.54, 1.807) is 5.32 Å². The summed E-state index contributed by atoms with van der Waals surface area (Å²) >= 11 is 0. The molecular weight excluding hydrogens is 275 g/mol. The molecule has 20 heavy (non-hydrogen) atoms. The number of carbonyl (C=O) groups excluding carboxylic acids is 2. The van der Waals surface area contributed by atoms with Gasteiger partial charge in [-0.1, -0.05) is 6.42 Å². The summed E-state index contributed by atoms with van der Waals surface area (Å²) < 4.78 is 35.8. The Kier molecular flexibility index (Phi) is 5.79. The van der Waals surface area contributed by atoms with Crippen LogP contribution in [0, 0.1) is 11.8 Å². The first-order chi connectivity index (χ1) is 9.24. The number of nitrogens with zero attached hydrogens (tertiary/aromatic N) is 1. The van der Waals surface area contributed by atoms with Crippen molar-refractivity contribution in [2.75, 3.05) is 26.7 Å². The van der Waals surface area contributed by atoms with E-state index in [-0.39, 0.29) is 24.3 Å². The van der Waals surface area contributed by atoms with Crippen LogP contribution < -0.4 is 11.1 Å². The Morgan fingerprint density at radius 1 is 1.35 bits per heavy atom. The van der Waals surface area contributed by atoms with Crippen LogP contribution >= 0.6 is 0 Å². The maximum Gasteiger partial charge on any atom is 0.405 e. The van der Waals surface area contributed by atoms with Gasteiger partial charge in [0.25, 0.3) is 0 Å². The lowest BCUT2D eigenvalue weighted by molar-refractivity contribution is -0.143. The molecule has 1 fully saturated rings. The van der Waals surface area contributed by atoms with E-state index in [0.29, 0.717) is 6.54 Å². The van der Waals surface area contributed by atoms with E-state index in [1.165, 1.54) is 11.9 Å². The number of nitrogens with one attached hydrogen (secondary N) is 1. The molecule has 116 valence electrons. The zero-order valence-electron chi connectivity index (χ0n) is 11.4. The number of halogens is 3. The third-order valence-corrected chi connectivity index (χ3v) is 3.52. The van der Waals surface area contributed by atoms with Gasteiger partial charge in [0.15, 0.2) is 0 Å². The Labute approximate surface area is 115 Å². The number of carbonyl (C=O) groups is 2. The number of likely N-dealkylation sites (N-methyl/N-ethyl adjacent to an activating group) is 1. The van der Waals surface area contributed by atoms with Crippen LogP contribution in [0.1, 0.15) is 19.3 Å². The number of hydrogen-bond donors (Lipinski definition) is 2. The highest BCUT2D eigenvalue weighted by Gasteiger charge is 2.34. The number of rotatable bonds is 5. The average Bonchev–Trinajstić information content (AvgIpc) is 2.82. The predicted octanol–water partition coefficient (Wildman–Crippen LogP) is 0.498. The molecule has 1 rings (SSSR count). The molecule has 2 atom stereocenters. The van der Waals surface area contributed by atoms with Crippen molar-refractivity contribution in [1.29, 1.82) is 0 Å². The van der Waals surface area contributed by atoms with Crippen molar-refractivity contribution in [3.63, 3.8) is 0 Å². The summed E-state index contributed by atoms with van der Waals surface area (Å²) in [5, 5.41) is 1.74. The Morgan fingerprint density at radius 3 is 2.55 bits per heavy atom. The zero-order valence-corrected chi connectivity index (χ0v) is 11.4. The summed E-state index contributed by atoms with van der Waals surface area (Å²) in [6, 6.07) is 0. The number of amides is 2. The largest absolute Gasteiger partial charge is 0.405 e. The van der Waals surface area contributed by atoms with Crippen LogP contribution in [0.4, 0.5) is 13.2 Å². The van der Waals surface area contributed by atoms with E-state index in [1.807, 2.05) is 0 Å². The van der Waals surface area contributed by atoms with Crippen molar-refractivity contribution < 1.29 is 22.8 Å². The van der Waals surface area contributed by atoms with Gasteiger partial charge in [-0.3, -0.25) is 9.59 Å². The van der Waals surface area contributed by atoms with Crippen molar-refractivity contribution in [2.24, 2.45) is 17.6 Å². The van der Waals surface area contributed by atoms with Crippen molar-refractivity contribution in [3.05, 3.63) is 0 Å². The van der Waals surface area contributed by atoms with E-state index in [9.17, 15) is 22.8 Å². The average molecular weight is 295 g/mol. The van der Waals surface area contributed by atoms with Crippen LogP contribution in [0.2, 0.25) is 0 Å². The Balaban J connectivity index is 2.43. The van der Waals surface area contributed by atoms with Gasteiger partial charge < -0.3 is 16.0 Å². The first-order valence-corrected chi connectivity index (χ1v) is 6.53. The Hall–Kier alpha value is -1.31. The van der Waals surface area contributed by atoms with Crippen LogP contribution in [0.5, 0.6) is 0 Å². The molecule has 0 saturated heterocycles. The molecule has 8 heteroatoms. The molecule has 0 radical (unpaired) electrons. The van der Waals surface area contributed by atoms with E-state index >= 15 is 0 Å². The van der Waals surface area contributed by atoms with Crippen LogP contribution in [-0.2, 0) is 9.59 Å². The smallest absolute Gasteiger partial charge is 0.345 e. The molecule has 3 N–H and O–H groups in total. The molecule has 0 bridgehead atoms. The zero-order chi connectivity index (χ0) is 15.3. The molecule has 0 spiro atoms. The van der Waals surface area contributed by atoms with E-state index < -0.39 is 18.6 Å². The third kappa shape index (κ3) is 4.99. The van der Waals surface area contributed by atoms with Crippen LogP contribution in [0.15, 0.2) is 0 Å². The van der Waals surface area contributed by atoms with Gasteiger partial charge in [0, 0.05) is 13.0 Å². The fourth-order valence-corrected chi connectivity index (χ4v) is 2.48. The Bertz CT molecular complexity index is 360. The second kappa shape index (κ2) is 6.92. The van der Waals surface area contributed by atoms with Gasteiger partial charge in [0.2, 0.25) is 11.8 Å². The van der Waals surface area contributed by atoms with Gasteiger partial charge >= 0.3 is 6.18 Å². The maximum absolute atomic E-state index is 12.1. The topological polar surface area (TPSA) is 75.4 Å². The van der Waals surface area contributed by atoms with E-state index in [0.717, 1.165) is 19.3 Å². The molecule has 2 unspecified atom stereocenters. The number of nitrogens with two attached hydrogens (primary N) is 1. The van der Waals surface area contributed by atoms with Crippen molar-refractivity contribution in [1.82, 2.24) is 10.2 Å².